The highest BCUT2D eigenvalue weighted by molar-refractivity contribution is 8.00. The van der Waals surface area contributed by atoms with E-state index in [1.807, 2.05) is 0 Å². The van der Waals surface area contributed by atoms with Crippen LogP contribution >= 0.6 is 11.8 Å². The number of carbonyl (C=O) groups excluding carboxylic acids is 2. The van der Waals surface area contributed by atoms with Crippen molar-refractivity contribution in [1.82, 2.24) is 0 Å². The fourth-order valence-corrected chi connectivity index (χ4v) is 5.14. The molecule has 3 aromatic carbocycles. The maximum absolute atomic E-state index is 13.1. The van der Waals surface area contributed by atoms with Crippen molar-refractivity contribution in [3.8, 4) is 46.0 Å². The number of ether oxygens (including phenoxy) is 3. The first-order valence-electron chi connectivity index (χ1n) is 10.9. The van der Waals surface area contributed by atoms with E-state index >= 15 is 0 Å². The lowest BCUT2D eigenvalue weighted by Gasteiger charge is -2.39. The molecule has 3 aromatic rings. The summed E-state index contributed by atoms with van der Waals surface area (Å²) in [5.41, 5.74) is -0.0423. The number of fused-ring (bicyclic) bond motifs is 1. The van der Waals surface area contributed by atoms with Crippen LogP contribution in [0.25, 0.3) is 0 Å². The number of hydrogen-bond acceptors (Lipinski definition) is 13. The highest BCUT2D eigenvalue weighted by atomic mass is 32.2. The Hall–Kier alpha value is -4.65. The van der Waals surface area contributed by atoms with Crippen molar-refractivity contribution in [3.05, 3.63) is 59.2 Å². The van der Waals surface area contributed by atoms with Crippen LogP contribution in [0.15, 0.2) is 42.5 Å². The molecule has 200 valence electrons. The molecule has 3 atom stereocenters. The van der Waals surface area contributed by atoms with Gasteiger partial charge in [0.25, 0.3) is 0 Å². The molecule has 12 nitrogen and oxygen atoms in total. The normalized spacial score (nSPS) is 18.2. The predicted octanol–water partition coefficient (Wildman–Crippen LogP) is 2.93. The Bertz CT molecular complexity index is 1380. The fourth-order valence-electron chi connectivity index (χ4n) is 3.92. The van der Waals surface area contributed by atoms with Gasteiger partial charge in [-0.05, 0) is 24.3 Å². The number of phenolic OH excluding ortho intramolecular Hbond substituents is 7. The van der Waals surface area contributed by atoms with Gasteiger partial charge in [0, 0.05) is 17.7 Å². The van der Waals surface area contributed by atoms with Gasteiger partial charge in [-0.15, -0.1) is 11.8 Å². The van der Waals surface area contributed by atoms with E-state index in [2.05, 4.69) is 0 Å². The molecule has 0 aliphatic carbocycles. The molecule has 1 heterocycles. The zero-order valence-electron chi connectivity index (χ0n) is 19.6. The molecule has 4 rings (SSSR count). The Kier molecular flexibility index (Phi) is 7.21. The summed E-state index contributed by atoms with van der Waals surface area (Å²) in [5, 5.41) is 68.8. The molecular weight excluding hydrogens is 524 g/mol. The van der Waals surface area contributed by atoms with Gasteiger partial charge in [-0.1, -0.05) is 6.07 Å². The summed E-state index contributed by atoms with van der Waals surface area (Å²) in [4.78, 5) is 25.1. The minimum Gasteiger partial charge on any atom is -0.508 e. The van der Waals surface area contributed by atoms with E-state index in [9.17, 15) is 45.3 Å². The van der Waals surface area contributed by atoms with E-state index in [-0.39, 0.29) is 33.9 Å². The summed E-state index contributed by atoms with van der Waals surface area (Å²) in [6, 6.07) is 7.70. The van der Waals surface area contributed by atoms with Gasteiger partial charge in [0.05, 0.1) is 29.2 Å². The van der Waals surface area contributed by atoms with Gasteiger partial charge in [0.1, 0.15) is 17.2 Å². The number of aromatic hydroxyl groups is 7. The first kappa shape index (κ1) is 26.4. The Balaban J connectivity index is 1.84. The molecule has 0 aromatic heterocycles. The van der Waals surface area contributed by atoms with Gasteiger partial charge in [0.2, 0.25) is 0 Å². The van der Waals surface area contributed by atoms with Crippen LogP contribution in [0.1, 0.15) is 32.8 Å². The number of phenols is 7. The van der Waals surface area contributed by atoms with Crippen LogP contribution in [0, 0.1) is 0 Å². The van der Waals surface area contributed by atoms with Crippen LogP contribution in [0.5, 0.6) is 46.0 Å². The largest absolute Gasteiger partial charge is 0.508 e. The van der Waals surface area contributed by atoms with Crippen LogP contribution in [0.3, 0.4) is 0 Å². The van der Waals surface area contributed by atoms with Crippen molar-refractivity contribution < 1.29 is 59.5 Å². The summed E-state index contributed by atoms with van der Waals surface area (Å²) >= 11 is 0.929. The number of thioether (sulfide) groups is 1. The third-order valence-corrected chi connectivity index (χ3v) is 6.99. The maximum atomic E-state index is 13.1. The molecular formula is C25H22O12S. The minimum absolute atomic E-state index is 0.00495. The summed E-state index contributed by atoms with van der Waals surface area (Å²) in [7, 11) is 1.18. The van der Waals surface area contributed by atoms with Crippen molar-refractivity contribution in [2.24, 2.45) is 0 Å². The zero-order chi connectivity index (χ0) is 27.7. The maximum Gasteiger partial charge on any atom is 0.338 e. The van der Waals surface area contributed by atoms with Gasteiger partial charge < -0.3 is 50.0 Å². The van der Waals surface area contributed by atoms with Gasteiger partial charge in [0.15, 0.2) is 41.0 Å². The highest BCUT2D eigenvalue weighted by Crippen LogP contribution is 2.54. The van der Waals surface area contributed by atoms with Crippen molar-refractivity contribution in [1.29, 1.82) is 0 Å². The van der Waals surface area contributed by atoms with Crippen molar-refractivity contribution in [2.75, 3.05) is 12.9 Å². The molecule has 0 saturated heterocycles. The Morgan fingerprint density at radius 2 is 1.55 bits per heavy atom. The van der Waals surface area contributed by atoms with Crippen molar-refractivity contribution in [3.63, 3.8) is 0 Å². The van der Waals surface area contributed by atoms with Crippen LogP contribution < -0.4 is 4.74 Å². The average molecular weight is 547 g/mol. The van der Waals surface area contributed by atoms with E-state index in [1.54, 1.807) is 0 Å². The van der Waals surface area contributed by atoms with E-state index in [0.717, 1.165) is 36.0 Å². The average Bonchev–Trinajstić information content (AvgIpc) is 2.87. The Morgan fingerprint density at radius 3 is 2.18 bits per heavy atom. The quantitative estimate of drug-likeness (QED) is 0.176. The number of rotatable bonds is 6. The zero-order valence-corrected chi connectivity index (χ0v) is 20.4. The van der Waals surface area contributed by atoms with Gasteiger partial charge in [-0.25, -0.2) is 4.79 Å². The second-order valence-corrected chi connectivity index (χ2v) is 9.33. The van der Waals surface area contributed by atoms with E-state index in [4.69, 9.17) is 14.2 Å². The molecule has 0 radical (unpaired) electrons. The fraction of sp³-hybridized carbons (Fsp3) is 0.200. The summed E-state index contributed by atoms with van der Waals surface area (Å²) < 4.78 is 16.4. The molecule has 1 aliphatic rings. The predicted molar refractivity (Wildman–Crippen MR) is 131 cm³/mol. The van der Waals surface area contributed by atoms with Gasteiger partial charge in [-0.2, -0.15) is 0 Å². The van der Waals surface area contributed by atoms with Crippen LogP contribution in [0.4, 0.5) is 0 Å². The Labute approximate surface area is 218 Å². The van der Waals surface area contributed by atoms with Crippen LogP contribution in [-0.4, -0.2) is 66.7 Å². The molecule has 1 unspecified atom stereocenters. The minimum atomic E-state index is -1.33. The highest BCUT2D eigenvalue weighted by Gasteiger charge is 2.45. The first-order chi connectivity index (χ1) is 18.0. The molecule has 0 bridgehead atoms. The Morgan fingerprint density at radius 1 is 0.868 bits per heavy atom. The second-order valence-electron chi connectivity index (χ2n) is 8.20. The van der Waals surface area contributed by atoms with Gasteiger partial charge >= 0.3 is 11.9 Å². The third-order valence-electron chi connectivity index (χ3n) is 5.73. The topological polar surface area (TPSA) is 203 Å². The van der Waals surface area contributed by atoms with Crippen LogP contribution in [-0.2, 0) is 14.3 Å². The number of carbonyl (C=O) groups is 2. The van der Waals surface area contributed by atoms with E-state index in [1.165, 1.54) is 25.3 Å². The van der Waals surface area contributed by atoms with E-state index < -0.39 is 63.9 Å². The third kappa shape index (κ3) is 5.09. The summed E-state index contributed by atoms with van der Waals surface area (Å²) in [5.74, 6) is -6.07. The van der Waals surface area contributed by atoms with Crippen molar-refractivity contribution in [2.45, 2.75) is 17.5 Å². The number of methoxy groups -OCH3 is 1. The summed E-state index contributed by atoms with van der Waals surface area (Å²) in [6.45, 7) is 0. The molecule has 1 aliphatic heterocycles. The molecule has 0 spiro atoms. The van der Waals surface area contributed by atoms with E-state index in [0.29, 0.717) is 0 Å². The second kappa shape index (κ2) is 10.4. The molecule has 0 amide bonds. The molecule has 0 fully saturated rings. The standard InChI is InChI=1S/C25H22O12S/c1-35-19(32)9-38-24-20-15(29)7-12(26)8-18(20)36-22(10-2-3-13(27)14(28)4-10)23(24)37-25(34)11-5-16(30)21(33)17(31)6-11/h2-8,22-24,26-31,33H,9H2,1H3/t22-,23+,24?/m1/s1. The van der Waals surface area contributed by atoms with Crippen molar-refractivity contribution >= 4 is 23.7 Å². The smallest absolute Gasteiger partial charge is 0.338 e. The molecule has 7 N–H and O–H groups in total. The lowest BCUT2D eigenvalue weighted by Crippen LogP contribution is -2.37. The first-order valence-corrected chi connectivity index (χ1v) is 11.9. The number of esters is 2. The van der Waals surface area contributed by atoms with Gasteiger partial charge in [-0.3, -0.25) is 4.79 Å². The SMILES string of the molecule is COC(=O)CSC1c2c(O)cc(O)cc2O[C@H](c2ccc(O)c(O)c2)[C@@H]1OC(=O)c1cc(O)c(O)c(O)c1. The molecule has 38 heavy (non-hydrogen) atoms. The lowest BCUT2D eigenvalue weighted by molar-refractivity contribution is -0.137. The van der Waals surface area contributed by atoms with Crippen LogP contribution in [0.2, 0.25) is 0 Å². The molecule has 0 saturated carbocycles. The number of hydrogen-bond donors (Lipinski definition) is 7. The lowest BCUT2D eigenvalue weighted by atomic mass is 9.93. The molecule has 13 heteroatoms. The summed E-state index contributed by atoms with van der Waals surface area (Å²) in [6.07, 6.45) is -2.55. The number of benzene rings is 3. The monoisotopic (exact) mass is 546 g/mol.